The number of hydrogen-bond donors (Lipinski definition) is 1. The molecule has 104 valence electrons. The van der Waals surface area contributed by atoms with Gasteiger partial charge in [0.1, 0.15) is 0 Å². The van der Waals surface area contributed by atoms with Crippen LogP contribution in [0.2, 0.25) is 0 Å². The molecule has 0 spiro atoms. The Balaban J connectivity index is 1.48. The minimum atomic E-state index is 0.775. The largest absolute Gasteiger partial charge is 0.379 e. The molecule has 4 heteroatoms. The zero-order valence-corrected chi connectivity index (χ0v) is 11.4. The van der Waals surface area contributed by atoms with Crippen LogP contribution in [0, 0.1) is 0 Å². The van der Waals surface area contributed by atoms with Gasteiger partial charge in [-0.05, 0) is 12.8 Å². The van der Waals surface area contributed by atoms with Crippen molar-refractivity contribution < 1.29 is 4.74 Å². The van der Waals surface area contributed by atoms with Crippen molar-refractivity contribution in [3.8, 4) is 0 Å². The summed E-state index contributed by atoms with van der Waals surface area (Å²) in [5, 5.41) is 3.71. The van der Waals surface area contributed by atoms with E-state index >= 15 is 0 Å². The van der Waals surface area contributed by atoms with Crippen molar-refractivity contribution in [1.29, 1.82) is 0 Å². The van der Waals surface area contributed by atoms with Gasteiger partial charge in [0.05, 0.1) is 13.2 Å². The van der Waals surface area contributed by atoms with Crippen LogP contribution in [-0.2, 0) is 4.74 Å². The van der Waals surface area contributed by atoms with Crippen molar-refractivity contribution >= 4 is 0 Å². The van der Waals surface area contributed by atoms with Gasteiger partial charge in [-0.1, -0.05) is 12.8 Å². The van der Waals surface area contributed by atoms with Crippen molar-refractivity contribution in [2.24, 2.45) is 0 Å². The molecule has 2 saturated heterocycles. The summed E-state index contributed by atoms with van der Waals surface area (Å²) in [7, 11) is 0. The highest BCUT2D eigenvalue weighted by atomic mass is 16.5. The molecule has 2 atom stereocenters. The van der Waals surface area contributed by atoms with Gasteiger partial charge >= 0.3 is 0 Å². The summed E-state index contributed by atoms with van der Waals surface area (Å²) in [6.45, 7) is 9.01. The number of piperazine rings is 1. The fraction of sp³-hybridized carbons (Fsp3) is 1.00. The van der Waals surface area contributed by atoms with Crippen molar-refractivity contribution in [3.63, 3.8) is 0 Å². The Kier molecular flexibility index (Phi) is 4.52. The number of ether oxygens (including phenoxy) is 1. The predicted octanol–water partition coefficient (Wildman–Crippen LogP) is 0.535. The predicted molar refractivity (Wildman–Crippen MR) is 72.9 cm³/mol. The molecule has 3 aliphatic rings. The highest BCUT2D eigenvalue weighted by Gasteiger charge is 2.32. The molecule has 1 aliphatic carbocycles. The van der Waals surface area contributed by atoms with E-state index < -0.39 is 0 Å². The van der Waals surface area contributed by atoms with Gasteiger partial charge in [0.15, 0.2) is 0 Å². The molecule has 3 fully saturated rings. The minimum Gasteiger partial charge on any atom is -0.379 e. The second-order valence-electron chi connectivity index (χ2n) is 5.90. The van der Waals surface area contributed by atoms with Crippen LogP contribution in [0.4, 0.5) is 0 Å². The summed E-state index contributed by atoms with van der Waals surface area (Å²) < 4.78 is 5.41. The summed E-state index contributed by atoms with van der Waals surface area (Å²) in [4.78, 5) is 5.30. The lowest BCUT2D eigenvalue weighted by Gasteiger charge is -2.45. The van der Waals surface area contributed by atoms with E-state index in [-0.39, 0.29) is 0 Å². The highest BCUT2D eigenvalue weighted by molar-refractivity contribution is 4.92. The number of rotatable bonds is 3. The van der Waals surface area contributed by atoms with Crippen LogP contribution in [0.3, 0.4) is 0 Å². The summed E-state index contributed by atoms with van der Waals surface area (Å²) in [5.74, 6) is 0. The van der Waals surface area contributed by atoms with Crippen molar-refractivity contribution in [1.82, 2.24) is 15.1 Å². The van der Waals surface area contributed by atoms with Crippen LogP contribution >= 0.6 is 0 Å². The van der Waals surface area contributed by atoms with Gasteiger partial charge < -0.3 is 10.1 Å². The van der Waals surface area contributed by atoms with Gasteiger partial charge in [-0.3, -0.25) is 9.80 Å². The maximum Gasteiger partial charge on any atom is 0.0594 e. The molecule has 2 heterocycles. The van der Waals surface area contributed by atoms with Crippen LogP contribution in [0.15, 0.2) is 0 Å². The Bertz CT molecular complexity index is 253. The van der Waals surface area contributed by atoms with Crippen LogP contribution in [0.25, 0.3) is 0 Å². The van der Waals surface area contributed by atoms with Crippen LogP contribution in [0.1, 0.15) is 25.7 Å². The SMILES string of the molecule is C1CC[C@H]2NCCN(CCN3CCOCC3)[C@@H]2C1. The Morgan fingerprint density at radius 1 is 1.00 bits per heavy atom. The minimum absolute atomic E-state index is 0.775. The normalized spacial score (nSPS) is 35.3. The van der Waals surface area contributed by atoms with Gasteiger partial charge in [-0.15, -0.1) is 0 Å². The zero-order chi connectivity index (χ0) is 12.2. The Morgan fingerprint density at radius 3 is 2.72 bits per heavy atom. The van der Waals surface area contributed by atoms with Gasteiger partial charge in [-0.25, -0.2) is 0 Å². The molecule has 0 aromatic heterocycles. The molecule has 18 heavy (non-hydrogen) atoms. The lowest BCUT2D eigenvalue weighted by molar-refractivity contribution is 0.0227. The smallest absolute Gasteiger partial charge is 0.0594 e. The van der Waals surface area contributed by atoms with Gasteiger partial charge in [-0.2, -0.15) is 0 Å². The third kappa shape index (κ3) is 3.05. The van der Waals surface area contributed by atoms with Gasteiger partial charge in [0, 0.05) is 51.4 Å². The fourth-order valence-electron chi connectivity index (χ4n) is 3.72. The topological polar surface area (TPSA) is 27.7 Å². The van der Waals surface area contributed by atoms with E-state index in [4.69, 9.17) is 4.74 Å². The fourth-order valence-corrected chi connectivity index (χ4v) is 3.72. The molecule has 1 saturated carbocycles. The molecule has 0 amide bonds. The monoisotopic (exact) mass is 253 g/mol. The number of fused-ring (bicyclic) bond motifs is 1. The van der Waals surface area contributed by atoms with E-state index in [0.29, 0.717) is 0 Å². The number of morpholine rings is 1. The summed E-state index contributed by atoms with van der Waals surface area (Å²) in [6, 6.07) is 1.59. The number of nitrogens with zero attached hydrogens (tertiary/aromatic N) is 2. The summed E-state index contributed by atoms with van der Waals surface area (Å²) in [5.41, 5.74) is 0. The van der Waals surface area contributed by atoms with Crippen LogP contribution in [0.5, 0.6) is 0 Å². The first-order chi connectivity index (χ1) is 8.93. The maximum atomic E-state index is 5.41. The molecule has 0 bridgehead atoms. The van der Waals surface area contributed by atoms with E-state index in [1.165, 1.54) is 51.9 Å². The molecule has 3 rings (SSSR count). The average molecular weight is 253 g/mol. The van der Waals surface area contributed by atoms with Crippen molar-refractivity contribution in [2.45, 2.75) is 37.8 Å². The van der Waals surface area contributed by atoms with E-state index in [0.717, 1.165) is 38.4 Å². The van der Waals surface area contributed by atoms with Gasteiger partial charge in [0.25, 0.3) is 0 Å². The van der Waals surface area contributed by atoms with E-state index in [1.807, 2.05) is 0 Å². The molecule has 4 nitrogen and oxygen atoms in total. The Morgan fingerprint density at radius 2 is 1.83 bits per heavy atom. The van der Waals surface area contributed by atoms with E-state index in [2.05, 4.69) is 15.1 Å². The summed E-state index contributed by atoms with van der Waals surface area (Å²) >= 11 is 0. The second-order valence-corrected chi connectivity index (χ2v) is 5.90. The standard InChI is InChI=1S/C14H27N3O/c1-2-4-14-13(3-1)15-5-6-17(14)8-7-16-9-11-18-12-10-16/h13-15H,1-12H2/t13-,14-/m1/s1. The first kappa shape index (κ1) is 12.9. The first-order valence-electron chi connectivity index (χ1n) is 7.71. The molecule has 0 unspecified atom stereocenters. The third-order valence-electron chi connectivity index (χ3n) is 4.81. The second kappa shape index (κ2) is 6.33. The zero-order valence-electron chi connectivity index (χ0n) is 11.4. The third-order valence-corrected chi connectivity index (χ3v) is 4.81. The van der Waals surface area contributed by atoms with Crippen molar-refractivity contribution in [2.75, 3.05) is 52.5 Å². The Hall–Kier alpha value is -0.160. The highest BCUT2D eigenvalue weighted by Crippen LogP contribution is 2.25. The van der Waals surface area contributed by atoms with Crippen LogP contribution < -0.4 is 5.32 Å². The summed E-state index contributed by atoms with van der Waals surface area (Å²) in [6.07, 6.45) is 5.64. The van der Waals surface area contributed by atoms with Crippen molar-refractivity contribution in [3.05, 3.63) is 0 Å². The van der Waals surface area contributed by atoms with E-state index in [9.17, 15) is 0 Å². The molecule has 0 aromatic carbocycles. The molecular weight excluding hydrogens is 226 g/mol. The quantitative estimate of drug-likeness (QED) is 0.794. The van der Waals surface area contributed by atoms with Crippen LogP contribution in [-0.4, -0.2) is 74.4 Å². The molecule has 2 aliphatic heterocycles. The maximum absolute atomic E-state index is 5.41. The molecule has 0 aromatic rings. The van der Waals surface area contributed by atoms with Gasteiger partial charge in [0.2, 0.25) is 0 Å². The molecular formula is C14H27N3O. The average Bonchev–Trinajstić information content (AvgIpc) is 2.46. The lowest BCUT2D eigenvalue weighted by atomic mass is 9.87. The Labute approximate surface area is 111 Å². The number of hydrogen-bond acceptors (Lipinski definition) is 4. The van der Waals surface area contributed by atoms with E-state index in [1.54, 1.807) is 0 Å². The number of nitrogens with one attached hydrogen (secondary N) is 1. The molecule has 1 N–H and O–H groups in total. The lowest BCUT2D eigenvalue weighted by Crippen LogP contribution is -2.60. The first-order valence-corrected chi connectivity index (χ1v) is 7.71. The molecule has 0 radical (unpaired) electrons.